The van der Waals surface area contributed by atoms with Gasteiger partial charge in [0.25, 0.3) is 0 Å². The van der Waals surface area contributed by atoms with E-state index < -0.39 is 4.92 Å². The molecule has 0 saturated heterocycles. The van der Waals surface area contributed by atoms with Crippen LogP contribution in [0.25, 0.3) is 0 Å². The van der Waals surface area contributed by atoms with E-state index in [1.165, 1.54) is 6.07 Å². The molecule has 0 bridgehead atoms. The Kier molecular flexibility index (Phi) is 4.22. The smallest absolute Gasteiger partial charge is 0.311 e. The largest absolute Gasteiger partial charge is 0.364 e. The van der Waals surface area contributed by atoms with Crippen LogP contribution in [0.5, 0.6) is 0 Å². The Bertz CT molecular complexity index is 366. The van der Waals surface area contributed by atoms with E-state index in [9.17, 15) is 10.1 Å². The van der Waals surface area contributed by atoms with Crippen LogP contribution in [0.2, 0.25) is 0 Å². The Morgan fingerprint density at radius 3 is 2.75 bits per heavy atom. The van der Waals surface area contributed by atoms with Gasteiger partial charge >= 0.3 is 5.69 Å². The van der Waals surface area contributed by atoms with Crippen LogP contribution >= 0.6 is 0 Å². The van der Waals surface area contributed by atoms with Gasteiger partial charge in [-0.1, -0.05) is 20.8 Å². The highest BCUT2D eigenvalue weighted by Gasteiger charge is 2.15. The van der Waals surface area contributed by atoms with Gasteiger partial charge in [0, 0.05) is 18.8 Å². The Morgan fingerprint density at radius 2 is 2.19 bits per heavy atom. The summed E-state index contributed by atoms with van der Waals surface area (Å²) >= 11 is 0. The molecule has 0 aliphatic rings. The third-order valence-electron chi connectivity index (χ3n) is 2.71. The lowest BCUT2D eigenvalue weighted by Gasteiger charge is -2.16. The van der Waals surface area contributed by atoms with E-state index in [-0.39, 0.29) is 5.69 Å². The van der Waals surface area contributed by atoms with Crippen molar-refractivity contribution >= 4 is 11.5 Å². The van der Waals surface area contributed by atoms with Crippen LogP contribution in [0.1, 0.15) is 20.8 Å². The Balaban J connectivity index is 2.70. The standard InChI is InChI=1S/C11H17N3O2/c1-8(2)9(3)7-13-11-10(14(15)16)5-4-6-12-11/h4-6,8-9H,7H2,1-3H3,(H,12,13). The Labute approximate surface area is 95.0 Å². The topological polar surface area (TPSA) is 68.1 Å². The van der Waals surface area contributed by atoms with Crippen molar-refractivity contribution in [3.63, 3.8) is 0 Å². The number of hydrogen-bond acceptors (Lipinski definition) is 4. The zero-order valence-electron chi connectivity index (χ0n) is 9.80. The van der Waals surface area contributed by atoms with Gasteiger partial charge in [-0.2, -0.15) is 0 Å². The van der Waals surface area contributed by atoms with Crippen LogP contribution in [-0.4, -0.2) is 16.5 Å². The van der Waals surface area contributed by atoms with Crippen molar-refractivity contribution in [2.45, 2.75) is 20.8 Å². The fraction of sp³-hybridized carbons (Fsp3) is 0.545. The van der Waals surface area contributed by atoms with Crippen molar-refractivity contribution < 1.29 is 4.92 Å². The summed E-state index contributed by atoms with van der Waals surface area (Å²) in [5.41, 5.74) is 0.0263. The van der Waals surface area contributed by atoms with Gasteiger partial charge in [0.1, 0.15) is 0 Å². The zero-order chi connectivity index (χ0) is 12.1. The number of hydrogen-bond donors (Lipinski definition) is 1. The molecule has 0 saturated carbocycles. The second-order valence-corrected chi connectivity index (χ2v) is 4.23. The predicted octanol–water partition coefficient (Wildman–Crippen LogP) is 2.69. The van der Waals surface area contributed by atoms with Gasteiger partial charge in [0.2, 0.25) is 5.82 Å². The number of anilines is 1. The maximum absolute atomic E-state index is 10.7. The first kappa shape index (κ1) is 12.4. The summed E-state index contributed by atoms with van der Waals surface area (Å²) in [5.74, 6) is 1.33. The van der Waals surface area contributed by atoms with E-state index in [1.807, 2.05) is 0 Å². The molecule has 0 aromatic carbocycles. The van der Waals surface area contributed by atoms with Crippen molar-refractivity contribution in [1.82, 2.24) is 4.98 Å². The van der Waals surface area contributed by atoms with Gasteiger partial charge < -0.3 is 5.32 Å². The molecule has 1 rings (SSSR count). The number of nitro groups is 1. The van der Waals surface area contributed by atoms with E-state index in [4.69, 9.17) is 0 Å². The van der Waals surface area contributed by atoms with Gasteiger partial charge in [-0.05, 0) is 17.9 Å². The first-order chi connectivity index (χ1) is 7.52. The fourth-order valence-corrected chi connectivity index (χ4v) is 1.17. The minimum absolute atomic E-state index is 0.0263. The molecule has 5 nitrogen and oxygen atoms in total. The van der Waals surface area contributed by atoms with Gasteiger partial charge in [0.05, 0.1) is 4.92 Å². The van der Waals surface area contributed by atoms with Crippen LogP contribution in [0.4, 0.5) is 11.5 Å². The molecule has 0 aliphatic carbocycles. The fourth-order valence-electron chi connectivity index (χ4n) is 1.17. The molecule has 1 aromatic heterocycles. The molecule has 88 valence electrons. The molecule has 0 amide bonds. The van der Waals surface area contributed by atoms with E-state index >= 15 is 0 Å². The van der Waals surface area contributed by atoms with Gasteiger partial charge in [-0.15, -0.1) is 0 Å². The number of nitrogens with zero attached hydrogens (tertiary/aromatic N) is 2. The molecule has 1 aromatic rings. The summed E-state index contributed by atoms with van der Waals surface area (Å²) in [6.07, 6.45) is 1.55. The lowest BCUT2D eigenvalue weighted by Crippen LogP contribution is -2.17. The van der Waals surface area contributed by atoms with E-state index in [1.54, 1.807) is 12.3 Å². The maximum Gasteiger partial charge on any atom is 0.311 e. The van der Waals surface area contributed by atoms with Gasteiger partial charge in [-0.25, -0.2) is 4.98 Å². The Hall–Kier alpha value is -1.65. The van der Waals surface area contributed by atoms with Crippen LogP contribution < -0.4 is 5.32 Å². The summed E-state index contributed by atoms with van der Waals surface area (Å²) in [6, 6.07) is 3.02. The number of pyridine rings is 1. The monoisotopic (exact) mass is 223 g/mol. The maximum atomic E-state index is 10.7. The minimum atomic E-state index is -0.421. The van der Waals surface area contributed by atoms with Crippen LogP contribution in [0, 0.1) is 22.0 Å². The van der Waals surface area contributed by atoms with E-state index in [0.29, 0.717) is 24.2 Å². The average Bonchev–Trinajstić information content (AvgIpc) is 2.25. The molecule has 16 heavy (non-hydrogen) atoms. The number of nitrogens with one attached hydrogen (secondary N) is 1. The first-order valence-corrected chi connectivity index (χ1v) is 5.35. The summed E-state index contributed by atoms with van der Waals surface area (Å²) in [4.78, 5) is 14.3. The first-order valence-electron chi connectivity index (χ1n) is 5.35. The normalized spacial score (nSPS) is 12.5. The lowest BCUT2D eigenvalue weighted by atomic mass is 9.98. The van der Waals surface area contributed by atoms with Gasteiger partial charge in [-0.3, -0.25) is 10.1 Å². The Morgan fingerprint density at radius 1 is 1.50 bits per heavy atom. The molecule has 1 N–H and O–H groups in total. The zero-order valence-corrected chi connectivity index (χ0v) is 9.80. The molecule has 5 heteroatoms. The predicted molar refractivity (Wildman–Crippen MR) is 63.4 cm³/mol. The van der Waals surface area contributed by atoms with Crippen LogP contribution in [-0.2, 0) is 0 Å². The molecular formula is C11H17N3O2. The summed E-state index contributed by atoms with van der Waals surface area (Å²) in [7, 11) is 0. The molecule has 1 atom stereocenters. The second kappa shape index (κ2) is 5.44. The number of aromatic nitrogens is 1. The third kappa shape index (κ3) is 3.18. The van der Waals surface area contributed by atoms with Crippen molar-refractivity contribution in [1.29, 1.82) is 0 Å². The highest BCUT2D eigenvalue weighted by molar-refractivity contribution is 5.54. The molecule has 0 fully saturated rings. The molecular weight excluding hydrogens is 206 g/mol. The van der Waals surface area contributed by atoms with Gasteiger partial charge in [0.15, 0.2) is 0 Å². The summed E-state index contributed by atoms with van der Waals surface area (Å²) < 4.78 is 0. The van der Waals surface area contributed by atoms with E-state index in [2.05, 4.69) is 31.1 Å². The second-order valence-electron chi connectivity index (χ2n) is 4.23. The molecule has 1 heterocycles. The quantitative estimate of drug-likeness (QED) is 0.615. The van der Waals surface area contributed by atoms with E-state index in [0.717, 1.165) is 0 Å². The lowest BCUT2D eigenvalue weighted by molar-refractivity contribution is -0.384. The van der Waals surface area contributed by atoms with Crippen LogP contribution in [0.3, 0.4) is 0 Å². The summed E-state index contributed by atoms with van der Waals surface area (Å²) in [6.45, 7) is 7.04. The number of rotatable bonds is 5. The van der Waals surface area contributed by atoms with Crippen molar-refractivity contribution in [2.24, 2.45) is 11.8 Å². The molecule has 1 unspecified atom stereocenters. The molecule has 0 spiro atoms. The highest BCUT2D eigenvalue weighted by Crippen LogP contribution is 2.21. The van der Waals surface area contributed by atoms with Crippen molar-refractivity contribution in [2.75, 3.05) is 11.9 Å². The SMILES string of the molecule is CC(C)C(C)CNc1ncccc1[N+](=O)[O-]. The molecule has 0 aliphatic heterocycles. The van der Waals surface area contributed by atoms with Crippen molar-refractivity contribution in [3.05, 3.63) is 28.4 Å². The average molecular weight is 223 g/mol. The van der Waals surface area contributed by atoms with Crippen molar-refractivity contribution in [3.8, 4) is 0 Å². The van der Waals surface area contributed by atoms with Crippen LogP contribution in [0.15, 0.2) is 18.3 Å². The third-order valence-corrected chi connectivity index (χ3v) is 2.71. The highest BCUT2D eigenvalue weighted by atomic mass is 16.6. The summed E-state index contributed by atoms with van der Waals surface area (Å²) in [5, 5.41) is 13.7. The molecule has 0 radical (unpaired) electrons. The minimum Gasteiger partial charge on any atom is -0.364 e.